The second kappa shape index (κ2) is 7.61. The van der Waals surface area contributed by atoms with Crippen molar-refractivity contribution in [2.45, 2.75) is 25.2 Å². The molecule has 0 saturated heterocycles. The highest BCUT2D eigenvalue weighted by Gasteiger charge is 2.44. The summed E-state index contributed by atoms with van der Waals surface area (Å²) in [5.41, 5.74) is 1.36. The van der Waals surface area contributed by atoms with Gasteiger partial charge < -0.3 is 15.2 Å². The molecule has 25 heavy (non-hydrogen) atoms. The van der Waals surface area contributed by atoms with Crippen molar-refractivity contribution < 1.29 is 23.1 Å². The van der Waals surface area contributed by atoms with Gasteiger partial charge >= 0.3 is 0 Å². The first kappa shape index (κ1) is 13.8. The van der Waals surface area contributed by atoms with Crippen LogP contribution in [0.15, 0.2) is 42.6 Å². The number of amides is 1. The number of rotatable bonds is 7. The lowest BCUT2D eigenvalue weighted by molar-refractivity contribution is -0.123. The molecular weight excluding hydrogens is 323 g/mol. The molecular formula is C19H21FN2O3. The van der Waals surface area contributed by atoms with Gasteiger partial charge in [-0.15, -0.1) is 0 Å². The summed E-state index contributed by atoms with van der Waals surface area (Å²) < 4.78 is 39.8. The van der Waals surface area contributed by atoms with E-state index in [9.17, 15) is 14.3 Å². The molecule has 2 aromatic rings. The Balaban J connectivity index is 1.57. The Labute approximate surface area is 150 Å². The molecule has 2 N–H and O–H groups in total. The van der Waals surface area contributed by atoms with Gasteiger partial charge in [-0.2, -0.15) is 0 Å². The van der Waals surface area contributed by atoms with Crippen molar-refractivity contribution >= 4 is 5.91 Å². The van der Waals surface area contributed by atoms with Crippen molar-refractivity contribution in [3.05, 3.63) is 59.5 Å². The third-order valence-corrected chi connectivity index (χ3v) is 4.28. The first-order valence-corrected chi connectivity index (χ1v) is 8.02. The molecule has 0 bridgehead atoms. The second-order valence-electron chi connectivity index (χ2n) is 5.97. The fourth-order valence-corrected chi connectivity index (χ4v) is 2.86. The average Bonchev–Trinajstić information content (AvgIpc) is 3.45. The van der Waals surface area contributed by atoms with Crippen molar-refractivity contribution in [3.8, 4) is 5.88 Å². The SMILES string of the molecule is [2H]C([2H])([2H])COc1ccc([C@H](CO)NC(=O)[C@H]2C[C@@H]2c2cccc(F)c2)cn1. The van der Waals surface area contributed by atoms with Crippen LogP contribution in [0.25, 0.3) is 0 Å². The Morgan fingerprint density at radius 1 is 1.52 bits per heavy atom. The van der Waals surface area contributed by atoms with E-state index in [4.69, 9.17) is 8.85 Å². The van der Waals surface area contributed by atoms with Crippen molar-refractivity contribution in [1.82, 2.24) is 10.3 Å². The van der Waals surface area contributed by atoms with E-state index in [1.54, 1.807) is 18.2 Å². The van der Waals surface area contributed by atoms with Crippen molar-refractivity contribution in [3.63, 3.8) is 0 Å². The largest absolute Gasteiger partial charge is 0.478 e. The number of benzene rings is 1. The number of hydrogen-bond donors (Lipinski definition) is 2. The van der Waals surface area contributed by atoms with Gasteiger partial charge in [0.25, 0.3) is 0 Å². The van der Waals surface area contributed by atoms with Crippen LogP contribution in [0.5, 0.6) is 5.88 Å². The predicted octanol–water partition coefficient (Wildman–Crippen LogP) is 2.57. The first-order valence-electron chi connectivity index (χ1n) is 9.52. The third-order valence-electron chi connectivity index (χ3n) is 4.28. The van der Waals surface area contributed by atoms with Crippen LogP contribution in [0.2, 0.25) is 0 Å². The number of halogens is 1. The zero-order valence-corrected chi connectivity index (χ0v) is 13.5. The Kier molecular flexibility index (Phi) is 4.19. The molecule has 0 spiro atoms. The van der Waals surface area contributed by atoms with Crippen LogP contribution in [-0.4, -0.2) is 29.2 Å². The molecule has 132 valence electrons. The lowest BCUT2D eigenvalue weighted by atomic mass is 10.1. The molecule has 1 saturated carbocycles. The third kappa shape index (κ3) is 4.14. The van der Waals surface area contributed by atoms with Gasteiger partial charge in [0.1, 0.15) is 5.82 Å². The number of carbonyl (C=O) groups is 1. The van der Waals surface area contributed by atoms with E-state index in [0.717, 1.165) is 5.56 Å². The zero-order chi connectivity index (χ0) is 20.3. The van der Waals surface area contributed by atoms with E-state index >= 15 is 0 Å². The van der Waals surface area contributed by atoms with E-state index in [1.165, 1.54) is 24.4 Å². The lowest BCUT2D eigenvalue weighted by Gasteiger charge is -2.17. The molecule has 3 atom stereocenters. The van der Waals surface area contributed by atoms with Gasteiger partial charge in [0, 0.05) is 22.3 Å². The van der Waals surface area contributed by atoms with Gasteiger partial charge in [0.05, 0.1) is 19.3 Å². The van der Waals surface area contributed by atoms with Crippen molar-refractivity contribution in [2.24, 2.45) is 5.92 Å². The molecule has 6 heteroatoms. The Bertz CT molecular complexity index is 830. The zero-order valence-electron chi connectivity index (χ0n) is 16.5. The van der Waals surface area contributed by atoms with Gasteiger partial charge in [0.2, 0.25) is 11.8 Å². The molecule has 5 nitrogen and oxygen atoms in total. The molecule has 1 fully saturated rings. The highest BCUT2D eigenvalue weighted by atomic mass is 19.1. The number of carbonyl (C=O) groups excluding carboxylic acids is 1. The van der Waals surface area contributed by atoms with Gasteiger partial charge in [-0.1, -0.05) is 12.1 Å². The molecule has 1 heterocycles. The number of hydrogen-bond acceptors (Lipinski definition) is 4. The standard InChI is InChI=1S/C19H21FN2O3/c1-2-25-18-7-6-13(10-21-18)17(11-23)22-19(24)16-9-15(16)12-4-3-5-14(20)8-12/h3-8,10,15-17,23H,2,9,11H2,1H3,(H,22,24)/t15-,16+,17+/m1/s1/i1D3. The van der Waals surface area contributed by atoms with Crippen LogP contribution >= 0.6 is 0 Å². The maximum Gasteiger partial charge on any atom is 0.224 e. The van der Waals surface area contributed by atoms with E-state index < -0.39 is 19.5 Å². The minimum absolute atomic E-state index is 0.0242. The summed E-state index contributed by atoms with van der Waals surface area (Å²) in [6.07, 6.45) is 2.06. The number of pyridine rings is 1. The fourth-order valence-electron chi connectivity index (χ4n) is 2.86. The number of nitrogens with zero attached hydrogens (tertiary/aromatic N) is 1. The van der Waals surface area contributed by atoms with Crippen LogP contribution in [0.3, 0.4) is 0 Å². The molecule has 1 aliphatic carbocycles. The summed E-state index contributed by atoms with van der Waals surface area (Å²) in [4.78, 5) is 16.5. The monoisotopic (exact) mass is 347 g/mol. The summed E-state index contributed by atoms with van der Waals surface area (Å²) >= 11 is 0. The molecule has 3 rings (SSSR count). The molecule has 0 radical (unpaired) electrons. The minimum Gasteiger partial charge on any atom is -0.478 e. The Hall–Kier alpha value is -2.47. The quantitative estimate of drug-likeness (QED) is 0.807. The van der Waals surface area contributed by atoms with E-state index in [0.29, 0.717) is 12.0 Å². The number of aliphatic hydroxyl groups excluding tert-OH is 1. The van der Waals surface area contributed by atoms with Crippen molar-refractivity contribution in [2.75, 3.05) is 13.2 Å². The maximum absolute atomic E-state index is 13.3. The summed E-state index contributed by atoms with van der Waals surface area (Å²) in [5.74, 6) is -0.675. The smallest absolute Gasteiger partial charge is 0.224 e. The molecule has 1 aromatic heterocycles. The first-order chi connectivity index (χ1) is 13.3. The van der Waals surface area contributed by atoms with Gasteiger partial charge in [-0.25, -0.2) is 9.37 Å². The minimum atomic E-state index is -2.22. The summed E-state index contributed by atoms with van der Waals surface area (Å²) in [6, 6.07) is 8.67. The Morgan fingerprint density at radius 2 is 2.40 bits per heavy atom. The van der Waals surface area contributed by atoms with Crippen LogP contribution in [0.1, 0.15) is 40.5 Å². The number of aromatic nitrogens is 1. The topological polar surface area (TPSA) is 71.5 Å². The maximum atomic E-state index is 13.3. The van der Waals surface area contributed by atoms with Crippen LogP contribution < -0.4 is 10.1 Å². The van der Waals surface area contributed by atoms with Gasteiger partial charge in [0.15, 0.2) is 0 Å². The van der Waals surface area contributed by atoms with E-state index in [1.807, 2.05) is 0 Å². The van der Waals surface area contributed by atoms with Gasteiger partial charge in [-0.05, 0) is 48.5 Å². The highest BCUT2D eigenvalue weighted by molar-refractivity contribution is 5.83. The summed E-state index contributed by atoms with van der Waals surface area (Å²) in [5, 5.41) is 12.4. The molecule has 1 amide bonds. The number of nitrogens with one attached hydrogen (secondary N) is 1. The van der Waals surface area contributed by atoms with Crippen LogP contribution in [-0.2, 0) is 4.79 Å². The van der Waals surface area contributed by atoms with E-state index in [-0.39, 0.29) is 36.0 Å². The lowest BCUT2D eigenvalue weighted by Crippen LogP contribution is -2.32. The Morgan fingerprint density at radius 3 is 3.08 bits per heavy atom. The van der Waals surface area contributed by atoms with Gasteiger partial charge in [-0.3, -0.25) is 4.79 Å². The number of aliphatic hydroxyl groups is 1. The number of ether oxygens (including phenoxy) is 1. The highest BCUT2D eigenvalue weighted by Crippen LogP contribution is 2.47. The molecule has 1 aliphatic rings. The fraction of sp³-hybridized carbons (Fsp3) is 0.368. The van der Waals surface area contributed by atoms with Crippen molar-refractivity contribution in [1.29, 1.82) is 0 Å². The molecule has 1 aromatic carbocycles. The second-order valence-corrected chi connectivity index (χ2v) is 5.97. The van der Waals surface area contributed by atoms with E-state index in [2.05, 4.69) is 10.3 Å². The average molecular weight is 347 g/mol. The summed E-state index contributed by atoms with van der Waals surface area (Å²) in [7, 11) is 0. The normalized spacial score (nSPS) is 22.2. The predicted molar refractivity (Wildman–Crippen MR) is 90.6 cm³/mol. The molecule has 0 unspecified atom stereocenters. The van der Waals surface area contributed by atoms with Crippen LogP contribution in [0.4, 0.5) is 4.39 Å². The molecule has 0 aliphatic heterocycles. The van der Waals surface area contributed by atoms with Crippen LogP contribution in [0, 0.1) is 11.7 Å². The summed E-state index contributed by atoms with van der Waals surface area (Å²) in [6.45, 7) is -2.99.